The van der Waals surface area contributed by atoms with Crippen LogP contribution >= 0.6 is 0 Å². The fraction of sp³-hybridized carbons (Fsp3) is 0.583. The molecular weight excluding hydrogens is 206 g/mol. The Morgan fingerprint density at radius 1 is 1.50 bits per heavy atom. The largest absolute Gasteiger partial charge is 0.478 e. The van der Waals surface area contributed by atoms with Crippen molar-refractivity contribution < 1.29 is 14.6 Å². The number of carboxylic acid groups (broad SMARTS) is 1. The second-order valence-corrected chi connectivity index (χ2v) is 4.33. The summed E-state index contributed by atoms with van der Waals surface area (Å²) in [6, 6.07) is 0. The number of carbonyl (C=O) groups is 1. The summed E-state index contributed by atoms with van der Waals surface area (Å²) in [6.07, 6.45) is 4.38. The van der Waals surface area contributed by atoms with E-state index in [-0.39, 0.29) is 0 Å². The summed E-state index contributed by atoms with van der Waals surface area (Å²) in [5.41, 5.74) is 1.31. The molecule has 0 aromatic carbocycles. The summed E-state index contributed by atoms with van der Waals surface area (Å²) in [5, 5.41) is 9.07. The highest BCUT2D eigenvalue weighted by Crippen LogP contribution is 2.15. The van der Waals surface area contributed by atoms with Crippen LogP contribution in [0.3, 0.4) is 0 Å². The molecular formula is C12H19NO3. The summed E-state index contributed by atoms with van der Waals surface area (Å²) in [5.74, 6) is -0.400. The zero-order valence-corrected chi connectivity index (χ0v) is 10.1. The molecule has 0 unspecified atom stereocenters. The van der Waals surface area contributed by atoms with Crippen molar-refractivity contribution in [1.29, 1.82) is 0 Å². The molecule has 0 amide bonds. The predicted octanol–water partition coefficient (Wildman–Crippen LogP) is 2.03. The van der Waals surface area contributed by atoms with E-state index in [2.05, 4.69) is 13.8 Å². The SMILES string of the molecule is COCCn1cc(CC(C)C)c(C(=O)O)c1. The van der Waals surface area contributed by atoms with E-state index in [1.165, 1.54) is 0 Å². The molecule has 0 saturated heterocycles. The molecule has 4 nitrogen and oxygen atoms in total. The average Bonchev–Trinajstić information content (AvgIpc) is 2.57. The van der Waals surface area contributed by atoms with Crippen LogP contribution in [0.5, 0.6) is 0 Å². The molecule has 1 heterocycles. The fourth-order valence-electron chi connectivity index (χ4n) is 1.68. The molecule has 0 aliphatic carbocycles. The van der Waals surface area contributed by atoms with Gasteiger partial charge in [0.2, 0.25) is 0 Å². The van der Waals surface area contributed by atoms with Gasteiger partial charge in [0.25, 0.3) is 0 Å². The summed E-state index contributed by atoms with van der Waals surface area (Å²) in [6.45, 7) is 5.44. The minimum Gasteiger partial charge on any atom is -0.478 e. The van der Waals surface area contributed by atoms with Gasteiger partial charge in [-0.05, 0) is 17.9 Å². The number of carboxylic acids is 1. The van der Waals surface area contributed by atoms with Gasteiger partial charge in [0.1, 0.15) is 0 Å². The summed E-state index contributed by atoms with van der Waals surface area (Å²) in [4.78, 5) is 11.0. The van der Waals surface area contributed by atoms with E-state index < -0.39 is 5.97 Å². The van der Waals surface area contributed by atoms with Crippen LogP contribution < -0.4 is 0 Å². The smallest absolute Gasteiger partial charge is 0.337 e. The lowest BCUT2D eigenvalue weighted by Gasteiger charge is -2.03. The van der Waals surface area contributed by atoms with Crippen molar-refractivity contribution in [2.24, 2.45) is 5.92 Å². The van der Waals surface area contributed by atoms with E-state index in [0.717, 1.165) is 12.0 Å². The highest BCUT2D eigenvalue weighted by Gasteiger charge is 2.14. The topological polar surface area (TPSA) is 51.5 Å². The minimum absolute atomic E-state index is 0.407. The molecule has 0 fully saturated rings. The summed E-state index contributed by atoms with van der Waals surface area (Å²) >= 11 is 0. The molecule has 0 aliphatic heterocycles. The maximum Gasteiger partial charge on any atom is 0.337 e. The van der Waals surface area contributed by atoms with E-state index in [1.807, 2.05) is 10.8 Å². The van der Waals surface area contributed by atoms with Gasteiger partial charge in [0.05, 0.1) is 12.2 Å². The van der Waals surface area contributed by atoms with Gasteiger partial charge in [-0.1, -0.05) is 13.8 Å². The molecule has 1 aromatic rings. The molecule has 0 radical (unpaired) electrons. The van der Waals surface area contributed by atoms with Crippen LogP contribution in [0.25, 0.3) is 0 Å². The number of aromatic carboxylic acids is 1. The molecule has 90 valence electrons. The first-order chi connectivity index (χ1) is 7.54. The molecule has 1 rings (SSSR count). The number of nitrogens with zero attached hydrogens (tertiary/aromatic N) is 1. The van der Waals surface area contributed by atoms with Crippen LogP contribution in [0.15, 0.2) is 12.4 Å². The number of hydrogen-bond donors (Lipinski definition) is 1. The molecule has 16 heavy (non-hydrogen) atoms. The molecule has 1 aromatic heterocycles. The van der Waals surface area contributed by atoms with E-state index >= 15 is 0 Å². The Labute approximate surface area is 95.8 Å². The highest BCUT2D eigenvalue weighted by molar-refractivity contribution is 5.89. The number of ether oxygens (including phenoxy) is 1. The van der Waals surface area contributed by atoms with Gasteiger partial charge >= 0.3 is 5.97 Å². The predicted molar refractivity (Wildman–Crippen MR) is 61.8 cm³/mol. The van der Waals surface area contributed by atoms with Crippen molar-refractivity contribution in [2.45, 2.75) is 26.8 Å². The van der Waals surface area contributed by atoms with E-state index in [1.54, 1.807) is 13.3 Å². The van der Waals surface area contributed by atoms with Crippen molar-refractivity contribution in [3.63, 3.8) is 0 Å². The Kier molecular flexibility index (Phi) is 4.55. The van der Waals surface area contributed by atoms with Crippen LogP contribution in [0.2, 0.25) is 0 Å². The molecule has 0 aliphatic rings. The standard InChI is InChI=1S/C12H19NO3/c1-9(2)6-10-7-13(4-5-16-3)8-11(10)12(14)15/h7-9H,4-6H2,1-3H3,(H,14,15). The zero-order chi connectivity index (χ0) is 12.1. The van der Waals surface area contributed by atoms with Crippen molar-refractivity contribution >= 4 is 5.97 Å². The molecule has 0 spiro atoms. The minimum atomic E-state index is -0.855. The van der Waals surface area contributed by atoms with Gasteiger partial charge in [0, 0.05) is 26.0 Å². The number of methoxy groups -OCH3 is 1. The summed E-state index contributed by atoms with van der Waals surface area (Å²) in [7, 11) is 1.64. The van der Waals surface area contributed by atoms with Gasteiger partial charge in [-0.25, -0.2) is 4.79 Å². The van der Waals surface area contributed by atoms with E-state index in [0.29, 0.717) is 24.6 Å². The quantitative estimate of drug-likeness (QED) is 0.806. The lowest BCUT2D eigenvalue weighted by molar-refractivity contribution is 0.0695. The normalized spacial score (nSPS) is 11.0. The first-order valence-corrected chi connectivity index (χ1v) is 5.45. The molecule has 1 N–H and O–H groups in total. The fourth-order valence-corrected chi connectivity index (χ4v) is 1.68. The molecule has 0 atom stereocenters. The lowest BCUT2D eigenvalue weighted by Crippen LogP contribution is -2.02. The molecule has 0 bridgehead atoms. The van der Waals surface area contributed by atoms with Crippen molar-refractivity contribution in [3.05, 3.63) is 23.5 Å². The van der Waals surface area contributed by atoms with Crippen LogP contribution in [0, 0.1) is 5.92 Å². The summed E-state index contributed by atoms with van der Waals surface area (Å²) < 4.78 is 6.85. The van der Waals surface area contributed by atoms with Gasteiger partial charge in [-0.15, -0.1) is 0 Å². The Morgan fingerprint density at radius 2 is 2.19 bits per heavy atom. The van der Waals surface area contributed by atoms with Gasteiger partial charge in [-0.2, -0.15) is 0 Å². The third-order valence-corrected chi connectivity index (χ3v) is 2.37. The molecule has 4 heteroatoms. The maximum absolute atomic E-state index is 11.0. The van der Waals surface area contributed by atoms with Crippen molar-refractivity contribution in [2.75, 3.05) is 13.7 Å². The number of rotatable bonds is 6. The third kappa shape index (κ3) is 3.38. The Morgan fingerprint density at radius 3 is 2.69 bits per heavy atom. The van der Waals surface area contributed by atoms with E-state index in [4.69, 9.17) is 9.84 Å². The van der Waals surface area contributed by atoms with Crippen molar-refractivity contribution in [3.8, 4) is 0 Å². The van der Waals surface area contributed by atoms with Gasteiger partial charge in [0.15, 0.2) is 0 Å². The second-order valence-electron chi connectivity index (χ2n) is 4.33. The maximum atomic E-state index is 11.0. The zero-order valence-electron chi connectivity index (χ0n) is 10.1. The monoisotopic (exact) mass is 225 g/mol. The third-order valence-electron chi connectivity index (χ3n) is 2.37. The van der Waals surface area contributed by atoms with Crippen molar-refractivity contribution in [1.82, 2.24) is 4.57 Å². The Hall–Kier alpha value is -1.29. The highest BCUT2D eigenvalue weighted by atomic mass is 16.5. The Balaban J connectivity index is 2.86. The second kappa shape index (κ2) is 5.70. The Bertz CT molecular complexity index is 355. The average molecular weight is 225 g/mol. The van der Waals surface area contributed by atoms with E-state index in [9.17, 15) is 4.79 Å². The van der Waals surface area contributed by atoms with Gasteiger partial charge in [-0.3, -0.25) is 0 Å². The first kappa shape index (κ1) is 12.8. The van der Waals surface area contributed by atoms with Crippen LogP contribution in [-0.2, 0) is 17.7 Å². The lowest BCUT2D eigenvalue weighted by atomic mass is 10.0. The number of hydrogen-bond acceptors (Lipinski definition) is 2. The van der Waals surface area contributed by atoms with Crippen LogP contribution in [-0.4, -0.2) is 29.4 Å². The number of aromatic nitrogens is 1. The van der Waals surface area contributed by atoms with Crippen LogP contribution in [0.4, 0.5) is 0 Å². The van der Waals surface area contributed by atoms with Gasteiger partial charge < -0.3 is 14.4 Å². The molecule has 0 saturated carbocycles. The van der Waals surface area contributed by atoms with Crippen LogP contribution in [0.1, 0.15) is 29.8 Å². The first-order valence-electron chi connectivity index (χ1n) is 5.45.